The number of carbonyl (C=O) groups excluding carboxylic acids is 2. The molecule has 0 saturated carbocycles. The number of hydrogen-bond donors (Lipinski definition) is 6. The molecule has 2 aromatic heterocycles. The van der Waals surface area contributed by atoms with Gasteiger partial charge >= 0.3 is 5.97 Å². The van der Waals surface area contributed by atoms with E-state index in [0.29, 0.717) is 11.4 Å². The first-order valence-electron chi connectivity index (χ1n) is 7.96. The van der Waals surface area contributed by atoms with Crippen LogP contribution in [-0.4, -0.2) is 61.5 Å². The number of hydrogen-bond acceptors (Lipinski definition) is 6. The second-order valence-electron chi connectivity index (χ2n) is 5.62. The summed E-state index contributed by atoms with van der Waals surface area (Å²) >= 11 is 0. The van der Waals surface area contributed by atoms with Crippen molar-refractivity contribution in [2.75, 3.05) is 6.54 Å². The van der Waals surface area contributed by atoms with Gasteiger partial charge in [0.05, 0.1) is 12.7 Å². The SMILES string of the molecule is NCCC(=O)N[C@@H](Cc1cnc[nH]1)C(=O)N[C@@H](Cc1cnc[nH]1)C(=O)O. The highest BCUT2D eigenvalue weighted by Crippen LogP contribution is 2.03. The number of aromatic nitrogens is 4. The van der Waals surface area contributed by atoms with Crippen molar-refractivity contribution in [2.24, 2.45) is 5.73 Å². The Hall–Kier alpha value is -3.21. The quantitative estimate of drug-likeness (QED) is 0.292. The van der Waals surface area contributed by atoms with Crippen LogP contribution in [0.1, 0.15) is 17.8 Å². The molecule has 0 spiro atoms. The molecular formula is C15H21N7O4. The van der Waals surface area contributed by atoms with Gasteiger partial charge in [-0.1, -0.05) is 0 Å². The number of amides is 2. The fourth-order valence-corrected chi connectivity index (χ4v) is 2.31. The van der Waals surface area contributed by atoms with Crippen LogP contribution in [0, 0.1) is 0 Å². The third-order valence-electron chi connectivity index (χ3n) is 3.60. The molecule has 0 saturated heterocycles. The lowest BCUT2D eigenvalue weighted by Gasteiger charge is -2.21. The minimum atomic E-state index is -1.19. The number of carboxylic acids is 1. The van der Waals surface area contributed by atoms with Gasteiger partial charge in [0.2, 0.25) is 11.8 Å². The van der Waals surface area contributed by atoms with E-state index in [2.05, 4.69) is 30.6 Å². The molecule has 0 aliphatic carbocycles. The van der Waals surface area contributed by atoms with E-state index in [1.165, 1.54) is 25.0 Å². The third kappa shape index (κ3) is 5.70. The zero-order valence-corrected chi connectivity index (χ0v) is 13.9. The molecule has 2 aromatic rings. The van der Waals surface area contributed by atoms with Crippen LogP contribution in [-0.2, 0) is 27.2 Å². The maximum Gasteiger partial charge on any atom is 0.326 e. The highest BCUT2D eigenvalue weighted by molar-refractivity contribution is 5.90. The molecule has 11 nitrogen and oxygen atoms in total. The van der Waals surface area contributed by atoms with E-state index in [4.69, 9.17) is 5.73 Å². The van der Waals surface area contributed by atoms with Gasteiger partial charge in [-0.3, -0.25) is 9.59 Å². The lowest BCUT2D eigenvalue weighted by atomic mass is 10.1. The topological polar surface area (TPSA) is 179 Å². The molecule has 140 valence electrons. The lowest BCUT2D eigenvalue weighted by molar-refractivity contribution is -0.142. The van der Waals surface area contributed by atoms with Gasteiger partial charge in [-0.15, -0.1) is 0 Å². The van der Waals surface area contributed by atoms with Crippen LogP contribution < -0.4 is 16.4 Å². The van der Waals surface area contributed by atoms with Crippen LogP contribution in [0.15, 0.2) is 25.0 Å². The number of H-pyrrole nitrogens is 2. The first-order chi connectivity index (χ1) is 12.5. The van der Waals surface area contributed by atoms with Crippen LogP contribution in [0.3, 0.4) is 0 Å². The Labute approximate surface area is 148 Å². The van der Waals surface area contributed by atoms with Crippen molar-refractivity contribution in [3.63, 3.8) is 0 Å². The smallest absolute Gasteiger partial charge is 0.326 e. The van der Waals surface area contributed by atoms with E-state index in [1.807, 2.05) is 0 Å². The predicted octanol–water partition coefficient (Wildman–Crippen LogP) is -1.68. The largest absolute Gasteiger partial charge is 0.480 e. The summed E-state index contributed by atoms with van der Waals surface area (Å²) < 4.78 is 0. The van der Waals surface area contributed by atoms with E-state index in [0.717, 1.165) is 0 Å². The van der Waals surface area contributed by atoms with Gasteiger partial charge in [-0.2, -0.15) is 0 Å². The Morgan fingerprint density at radius 3 is 2.08 bits per heavy atom. The summed E-state index contributed by atoms with van der Waals surface area (Å²) in [6.45, 7) is 0.141. The van der Waals surface area contributed by atoms with E-state index in [1.54, 1.807) is 0 Å². The minimum Gasteiger partial charge on any atom is -0.480 e. The van der Waals surface area contributed by atoms with Gasteiger partial charge in [0, 0.05) is 49.6 Å². The summed E-state index contributed by atoms with van der Waals surface area (Å²) in [4.78, 5) is 49.2. The Morgan fingerprint density at radius 1 is 1.04 bits per heavy atom. The van der Waals surface area contributed by atoms with E-state index >= 15 is 0 Å². The molecule has 2 heterocycles. The normalized spacial score (nSPS) is 13.0. The molecular weight excluding hydrogens is 342 g/mol. The molecule has 0 unspecified atom stereocenters. The van der Waals surface area contributed by atoms with Crippen LogP contribution in [0.4, 0.5) is 0 Å². The van der Waals surface area contributed by atoms with Gasteiger partial charge in [0.15, 0.2) is 0 Å². The van der Waals surface area contributed by atoms with Crippen molar-refractivity contribution < 1.29 is 19.5 Å². The number of aliphatic carboxylic acids is 1. The van der Waals surface area contributed by atoms with Crippen LogP contribution in [0.25, 0.3) is 0 Å². The Balaban J connectivity index is 2.06. The third-order valence-corrected chi connectivity index (χ3v) is 3.60. The van der Waals surface area contributed by atoms with Gasteiger partial charge < -0.3 is 31.4 Å². The van der Waals surface area contributed by atoms with Gasteiger partial charge in [-0.25, -0.2) is 14.8 Å². The van der Waals surface area contributed by atoms with Gasteiger partial charge in [0.1, 0.15) is 12.1 Å². The molecule has 7 N–H and O–H groups in total. The number of rotatable bonds is 10. The number of nitrogens with two attached hydrogens (primary N) is 1. The van der Waals surface area contributed by atoms with Crippen LogP contribution in [0.5, 0.6) is 0 Å². The standard InChI is InChI=1S/C15H21N7O4/c16-2-1-13(23)21-11(3-9-5-17-7-19-9)14(24)22-12(15(25)26)4-10-6-18-8-20-10/h5-8,11-12H,1-4,16H2,(H,17,19)(H,18,20)(H,21,23)(H,22,24)(H,25,26)/t11-,12-/m0/s1. The number of carboxylic acid groups (broad SMARTS) is 1. The van der Waals surface area contributed by atoms with Crippen molar-refractivity contribution in [1.29, 1.82) is 0 Å². The number of imidazole rings is 2. The molecule has 2 rings (SSSR count). The molecule has 0 bridgehead atoms. The molecule has 0 aliphatic rings. The second-order valence-corrected chi connectivity index (χ2v) is 5.62. The van der Waals surface area contributed by atoms with Crippen molar-refractivity contribution in [2.45, 2.75) is 31.3 Å². The summed E-state index contributed by atoms with van der Waals surface area (Å²) in [6, 6.07) is -2.13. The molecule has 0 radical (unpaired) electrons. The zero-order chi connectivity index (χ0) is 18.9. The number of nitrogens with zero attached hydrogens (tertiary/aromatic N) is 2. The van der Waals surface area contributed by atoms with E-state index in [9.17, 15) is 19.5 Å². The molecule has 2 amide bonds. The average molecular weight is 363 g/mol. The fourth-order valence-electron chi connectivity index (χ4n) is 2.31. The number of aromatic amines is 2. The summed E-state index contributed by atoms with van der Waals surface area (Å²) in [5, 5.41) is 14.4. The zero-order valence-electron chi connectivity index (χ0n) is 13.9. The molecule has 11 heteroatoms. The van der Waals surface area contributed by atoms with Crippen molar-refractivity contribution in [1.82, 2.24) is 30.6 Å². The maximum absolute atomic E-state index is 12.6. The Morgan fingerprint density at radius 2 is 1.62 bits per heavy atom. The molecule has 0 aromatic carbocycles. The van der Waals surface area contributed by atoms with Crippen molar-refractivity contribution in [3.8, 4) is 0 Å². The number of carbonyl (C=O) groups is 3. The maximum atomic E-state index is 12.6. The van der Waals surface area contributed by atoms with Crippen molar-refractivity contribution >= 4 is 17.8 Å². The predicted molar refractivity (Wildman–Crippen MR) is 89.8 cm³/mol. The van der Waals surface area contributed by atoms with Crippen molar-refractivity contribution in [3.05, 3.63) is 36.4 Å². The summed E-state index contributed by atoms with van der Waals surface area (Å²) in [5.41, 5.74) is 6.54. The highest BCUT2D eigenvalue weighted by atomic mass is 16.4. The lowest BCUT2D eigenvalue weighted by Crippen LogP contribution is -2.53. The molecule has 0 fully saturated rings. The van der Waals surface area contributed by atoms with Gasteiger partial charge in [0.25, 0.3) is 0 Å². The Bertz CT molecular complexity index is 714. The minimum absolute atomic E-state index is 0.0363. The monoisotopic (exact) mass is 363 g/mol. The van der Waals surface area contributed by atoms with Crippen LogP contribution >= 0.6 is 0 Å². The van der Waals surface area contributed by atoms with Crippen LogP contribution in [0.2, 0.25) is 0 Å². The highest BCUT2D eigenvalue weighted by Gasteiger charge is 2.27. The number of nitrogens with one attached hydrogen (secondary N) is 4. The average Bonchev–Trinajstić information content (AvgIpc) is 3.27. The first kappa shape index (κ1) is 19.1. The van der Waals surface area contributed by atoms with E-state index < -0.39 is 29.9 Å². The summed E-state index contributed by atoms with van der Waals surface area (Å²) in [5.74, 6) is -2.20. The fraction of sp³-hybridized carbons (Fsp3) is 0.400. The molecule has 26 heavy (non-hydrogen) atoms. The summed E-state index contributed by atoms with van der Waals surface area (Å²) in [6.07, 6.45) is 6.10. The van der Waals surface area contributed by atoms with Gasteiger partial charge in [-0.05, 0) is 0 Å². The molecule has 0 aliphatic heterocycles. The summed E-state index contributed by atoms with van der Waals surface area (Å²) in [7, 11) is 0. The first-order valence-corrected chi connectivity index (χ1v) is 7.96. The van der Waals surface area contributed by atoms with E-state index in [-0.39, 0.29) is 25.8 Å². The Kier molecular flexibility index (Phi) is 6.85. The second kappa shape index (κ2) is 9.32. The molecule has 2 atom stereocenters.